The molecule has 0 radical (unpaired) electrons. The maximum atomic E-state index is 12.8. The molecule has 0 bridgehead atoms. The van der Waals surface area contributed by atoms with E-state index >= 15 is 0 Å². The van der Waals surface area contributed by atoms with Gasteiger partial charge in [-0.15, -0.1) is 0 Å². The summed E-state index contributed by atoms with van der Waals surface area (Å²) in [5.74, 6) is -1.48. The first-order valence-corrected chi connectivity index (χ1v) is 25.2. The first-order valence-electron chi connectivity index (χ1n) is 25.2. The summed E-state index contributed by atoms with van der Waals surface area (Å²) < 4.78 is 17.3. The summed E-state index contributed by atoms with van der Waals surface area (Å²) in [5, 5.41) is 9.65. The van der Waals surface area contributed by atoms with Gasteiger partial charge in [-0.2, -0.15) is 0 Å². The molecule has 0 amide bonds. The fourth-order valence-corrected chi connectivity index (χ4v) is 7.34. The molecule has 0 spiro atoms. The third-order valence-electron chi connectivity index (χ3n) is 11.2. The van der Waals surface area contributed by atoms with Crippen molar-refractivity contribution in [2.24, 2.45) is 0 Å². The molecule has 0 rings (SSSR count). The van der Waals surface area contributed by atoms with E-state index in [9.17, 15) is 19.5 Å². The Morgan fingerprint density at radius 1 is 0.508 bits per heavy atom. The normalized spacial score (nSPS) is 13.3. The van der Waals surface area contributed by atoms with E-state index in [1.807, 2.05) is 21.1 Å². The van der Waals surface area contributed by atoms with Crippen molar-refractivity contribution in [2.45, 2.75) is 231 Å². The number of allylic oxidation sites excluding steroid dienone is 8. The topological polar surface area (TPSA) is 99.1 Å². The highest BCUT2D eigenvalue weighted by molar-refractivity contribution is 5.72. The van der Waals surface area contributed by atoms with E-state index in [2.05, 4.69) is 62.5 Å². The second-order valence-electron chi connectivity index (χ2n) is 18.0. The fourth-order valence-electron chi connectivity index (χ4n) is 7.34. The molecular weight excluding hydrogens is 763 g/mol. The molecule has 8 nitrogen and oxygen atoms in total. The van der Waals surface area contributed by atoms with E-state index in [1.165, 1.54) is 116 Å². The van der Waals surface area contributed by atoms with Crippen molar-refractivity contribution in [1.82, 2.24) is 0 Å². The van der Waals surface area contributed by atoms with Gasteiger partial charge in [0.2, 0.25) is 0 Å². The fraction of sp³-hybridized carbons (Fsp3) is 0.792. The van der Waals surface area contributed by atoms with Crippen molar-refractivity contribution in [2.75, 3.05) is 41.0 Å². The minimum absolute atomic E-state index is 0.0565. The minimum atomic E-state index is -0.876. The van der Waals surface area contributed by atoms with Gasteiger partial charge in [-0.25, -0.2) is 4.79 Å². The molecule has 354 valence electrons. The number of carboxylic acid groups (broad SMARTS) is 1. The highest BCUT2D eigenvalue weighted by Gasteiger charge is 2.31. The number of ether oxygens (including phenoxy) is 3. The number of hydrogen-bond acceptors (Lipinski definition) is 6. The average Bonchev–Trinajstić information content (AvgIpc) is 3.22. The summed E-state index contributed by atoms with van der Waals surface area (Å²) in [6, 6.07) is -0.618. The number of aliphatic carboxylic acids is 1. The number of likely N-dealkylation sites (N-methyl/N-ethyl adjacent to an activating group) is 1. The van der Waals surface area contributed by atoms with Crippen LogP contribution in [0.5, 0.6) is 0 Å². The van der Waals surface area contributed by atoms with Crippen LogP contribution in [0.4, 0.5) is 0 Å². The Bertz CT molecular complexity index is 1140. The van der Waals surface area contributed by atoms with Gasteiger partial charge in [-0.05, 0) is 70.6 Å². The third kappa shape index (κ3) is 42.4. The molecule has 0 saturated carbocycles. The van der Waals surface area contributed by atoms with Gasteiger partial charge in [0, 0.05) is 19.3 Å². The van der Waals surface area contributed by atoms with Crippen LogP contribution in [-0.4, -0.2) is 80.6 Å². The van der Waals surface area contributed by atoms with Crippen molar-refractivity contribution in [3.05, 3.63) is 48.6 Å². The van der Waals surface area contributed by atoms with Crippen molar-refractivity contribution in [3.8, 4) is 0 Å². The molecule has 0 aromatic rings. The second-order valence-corrected chi connectivity index (χ2v) is 18.0. The molecule has 0 fully saturated rings. The molecule has 0 heterocycles. The molecule has 0 aromatic heterocycles. The summed E-state index contributed by atoms with van der Waals surface area (Å²) in [5.41, 5.74) is 0. The Morgan fingerprint density at radius 3 is 1.38 bits per heavy atom. The Morgan fingerprint density at radius 2 is 0.918 bits per heavy atom. The van der Waals surface area contributed by atoms with Crippen LogP contribution in [0, 0.1) is 0 Å². The monoisotopic (exact) mass is 859 g/mol. The highest BCUT2D eigenvalue weighted by Crippen LogP contribution is 2.15. The molecule has 8 heteroatoms. The van der Waals surface area contributed by atoms with Gasteiger partial charge in [-0.1, -0.05) is 178 Å². The molecule has 0 aromatic carbocycles. The molecule has 0 aliphatic carbocycles. The zero-order valence-corrected chi connectivity index (χ0v) is 40.4. The van der Waals surface area contributed by atoms with E-state index in [4.69, 9.17) is 14.2 Å². The van der Waals surface area contributed by atoms with Crippen LogP contribution in [0.3, 0.4) is 0 Å². The van der Waals surface area contributed by atoms with Crippen LogP contribution in [0.25, 0.3) is 0 Å². The quantitative estimate of drug-likeness (QED) is 0.0282. The largest absolute Gasteiger partial charge is 0.477 e. The van der Waals surface area contributed by atoms with Crippen LogP contribution in [0.1, 0.15) is 219 Å². The number of carbonyl (C=O) groups excluding carboxylic acids is 2. The van der Waals surface area contributed by atoms with Crippen molar-refractivity contribution < 1.29 is 38.2 Å². The van der Waals surface area contributed by atoms with E-state index < -0.39 is 18.1 Å². The number of carbonyl (C=O) groups is 3. The zero-order valence-electron chi connectivity index (χ0n) is 40.4. The first kappa shape index (κ1) is 58.3. The lowest BCUT2D eigenvalue weighted by Gasteiger charge is -2.31. The Balaban J connectivity index is 4.27. The predicted molar refractivity (Wildman–Crippen MR) is 257 cm³/mol. The van der Waals surface area contributed by atoms with Crippen LogP contribution < -0.4 is 0 Å². The standard InChI is InChI=1S/C53H95NO7/c1-6-8-10-12-14-16-18-20-22-24-26-28-30-32-34-36-38-40-42-44-52(56)61-49(47-59-46-45-50(53(57)58)54(3,4)5)48-60-51(55)43-41-39-37-35-33-31-29-27-25-23-21-19-17-15-13-11-9-7-2/h8,10,14,16,20,22,27,29,49-50H,6-7,9,11-13,15,17-19,21,23-26,28,30-48H2,1-5H3/p+1/b10-8+,16-14+,22-20+,29-27+. The van der Waals surface area contributed by atoms with Gasteiger partial charge in [0.25, 0.3) is 0 Å². The maximum Gasteiger partial charge on any atom is 0.362 e. The number of nitrogens with zero attached hydrogens (tertiary/aromatic N) is 1. The van der Waals surface area contributed by atoms with Gasteiger partial charge < -0.3 is 23.8 Å². The molecular formula is C53H96NO7+. The van der Waals surface area contributed by atoms with Crippen molar-refractivity contribution in [3.63, 3.8) is 0 Å². The second kappa shape index (κ2) is 43.9. The minimum Gasteiger partial charge on any atom is -0.477 e. The summed E-state index contributed by atoms with van der Waals surface area (Å²) in [6.07, 6.45) is 53.0. The van der Waals surface area contributed by atoms with E-state index in [1.54, 1.807) is 0 Å². The van der Waals surface area contributed by atoms with Gasteiger partial charge in [-0.3, -0.25) is 9.59 Å². The zero-order chi connectivity index (χ0) is 44.9. The smallest absolute Gasteiger partial charge is 0.362 e. The van der Waals surface area contributed by atoms with Gasteiger partial charge in [0.05, 0.1) is 34.4 Å². The van der Waals surface area contributed by atoms with Crippen LogP contribution in [0.15, 0.2) is 48.6 Å². The van der Waals surface area contributed by atoms with E-state index in [0.29, 0.717) is 19.3 Å². The number of esters is 2. The SMILES string of the molecule is CC/C=C/C/C=C/C/C=C/CCCCCCCCCCCC(=O)OC(COCCC(C(=O)O)[N+](C)(C)C)COC(=O)CCCCCCC/C=C/CCCCCCCCCCC. The van der Waals surface area contributed by atoms with Crippen molar-refractivity contribution >= 4 is 17.9 Å². The molecule has 61 heavy (non-hydrogen) atoms. The van der Waals surface area contributed by atoms with Crippen molar-refractivity contribution in [1.29, 1.82) is 0 Å². The molecule has 2 atom stereocenters. The van der Waals surface area contributed by atoms with Gasteiger partial charge in [0.15, 0.2) is 12.1 Å². The molecule has 0 saturated heterocycles. The Kier molecular flexibility index (Phi) is 42.0. The lowest BCUT2D eigenvalue weighted by atomic mass is 10.1. The van der Waals surface area contributed by atoms with E-state index in [-0.39, 0.29) is 36.2 Å². The number of hydrogen-bond donors (Lipinski definition) is 1. The average molecular weight is 859 g/mol. The lowest BCUT2D eigenvalue weighted by Crippen LogP contribution is -2.50. The molecule has 0 aliphatic rings. The van der Waals surface area contributed by atoms with Gasteiger partial charge >= 0.3 is 17.9 Å². The van der Waals surface area contributed by atoms with Gasteiger partial charge in [0.1, 0.15) is 6.61 Å². The van der Waals surface area contributed by atoms with Crippen LogP contribution in [0.2, 0.25) is 0 Å². The summed E-state index contributed by atoms with van der Waals surface area (Å²) in [7, 11) is 5.53. The molecule has 1 N–H and O–H groups in total. The highest BCUT2D eigenvalue weighted by atomic mass is 16.6. The third-order valence-corrected chi connectivity index (χ3v) is 11.2. The van der Waals surface area contributed by atoms with E-state index in [0.717, 1.165) is 70.6 Å². The Hall–Kier alpha value is -2.71. The first-order chi connectivity index (χ1) is 29.6. The number of carboxylic acids is 1. The van der Waals surface area contributed by atoms with Crippen LogP contribution in [-0.2, 0) is 28.6 Å². The maximum absolute atomic E-state index is 12.8. The summed E-state index contributed by atoms with van der Waals surface area (Å²) in [6.45, 7) is 4.63. The summed E-state index contributed by atoms with van der Waals surface area (Å²) >= 11 is 0. The summed E-state index contributed by atoms with van der Waals surface area (Å²) in [4.78, 5) is 37.1. The van der Waals surface area contributed by atoms with Crippen LogP contribution >= 0.6 is 0 Å². The molecule has 2 unspecified atom stereocenters. The number of quaternary nitrogens is 1. The predicted octanol–water partition coefficient (Wildman–Crippen LogP) is 14.4. The molecule has 0 aliphatic heterocycles. The number of rotatable bonds is 45. The Labute approximate surface area is 376 Å². The number of unbranched alkanes of at least 4 members (excludes halogenated alkanes) is 23. The lowest BCUT2D eigenvalue weighted by molar-refractivity contribution is -0.887.